The van der Waals surface area contributed by atoms with Crippen LogP contribution in [-0.4, -0.2) is 69.7 Å². The number of fused-ring (bicyclic) bond motifs is 1. The number of nitrogens with zero attached hydrogens (tertiary/aromatic N) is 4. The van der Waals surface area contributed by atoms with Crippen molar-refractivity contribution in [2.45, 2.75) is 19.9 Å². The highest BCUT2D eigenvalue weighted by Gasteiger charge is 2.16. The largest absolute Gasteiger partial charge is 0.369 e. The summed E-state index contributed by atoms with van der Waals surface area (Å²) in [5.41, 5.74) is 8.59. The van der Waals surface area contributed by atoms with Crippen LogP contribution in [0.5, 0.6) is 0 Å². The summed E-state index contributed by atoms with van der Waals surface area (Å²) in [6.07, 6.45) is 5.55. The summed E-state index contributed by atoms with van der Waals surface area (Å²) in [7, 11) is 3.85. The van der Waals surface area contributed by atoms with Crippen molar-refractivity contribution in [3.63, 3.8) is 0 Å². The Morgan fingerprint density at radius 3 is 2.52 bits per heavy atom. The average Bonchev–Trinajstić information content (AvgIpc) is 3.37. The Morgan fingerprint density at radius 1 is 1.05 bits per heavy atom. The van der Waals surface area contributed by atoms with Crippen LogP contribution < -0.4 is 27.0 Å². The van der Waals surface area contributed by atoms with Crippen LogP contribution in [0.15, 0.2) is 60.8 Å². The molecule has 3 amide bonds. The summed E-state index contributed by atoms with van der Waals surface area (Å²) in [4.78, 5) is 55.0. The first-order valence-corrected chi connectivity index (χ1v) is 13.4. The van der Waals surface area contributed by atoms with Gasteiger partial charge in [0, 0.05) is 42.3 Å². The van der Waals surface area contributed by atoms with Gasteiger partial charge in [-0.2, -0.15) is 4.98 Å². The number of amides is 3. The lowest BCUT2D eigenvalue weighted by Crippen LogP contribution is -2.21. The average molecular weight is 571 g/mol. The zero-order valence-corrected chi connectivity index (χ0v) is 23.7. The maximum Gasteiger partial charge on any atom is 0.260 e. The quantitative estimate of drug-likeness (QED) is 0.132. The van der Waals surface area contributed by atoms with Crippen molar-refractivity contribution in [1.29, 1.82) is 0 Å². The summed E-state index contributed by atoms with van der Waals surface area (Å²) < 4.78 is 0. The Labute approximate surface area is 243 Å². The normalized spacial score (nSPS) is 11.1. The number of carbonyl (C=O) groups is 3. The fourth-order valence-electron chi connectivity index (χ4n) is 3.86. The molecule has 7 N–H and O–H groups in total. The molecule has 0 aliphatic rings. The van der Waals surface area contributed by atoms with E-state index in [9.17, 15) is 14.4 Å². The molecule has 0 saturated carbocycles. The van der Waals surface area contributed by atoms with E-state index < -0.39 is 5.91 Å². The monoisotopic (exact) mass is 570 g/mol. The van der Waals surface area contributed by atoms with Gasteiger partial charge in [0.15, 0.2) is 0 Å². The van der Waals surface area contributed by atoms with Crippen LogP contribution in [0.25, 0.3) is 11.0 Å². The van der Waals surface area contributed by atoms with E-state index in [1.807, 2.05) is 25.9 Å². The Hall–Kier alpha value is -5.30. The van der Waals surface area contributed by atoms with Crippen LogP contribution in [0.2, 0.25) is 0 Å². The van der Waals surface area contributed by atoms with Gasteiger partial charge in [-0.05, 0) is 63.0 Å². The lowest BCUT2D eigenvalue weighted by Gasteiger charge is -2.13. The number of nitrogens with two attached hydrogens (primary N) is 1. The van der Waals surface area contributed by atoms with Crippen molar-refractivity contribution in [2.24, 2.45) is 5.73 Å². The standard InChI is InChI=1S/C29H34N10O3/c1-4-13-31-27-21(16-33-29(38-27)35-19-9-7-18(8-10-19)26(30)41)28(42)34-20-11-12-22-23(15-20)37-24(36-22)17-32-25(40)6-5-14-39(2)3/h5-12,15-16H,4,13-14,17H2,1-3H3,(H2,30,41)(H,32,40)(H,34,42)(H,36,37)(H2,31,33,35,38)/b6-5+. The van der Waals surface area contributed by atoms with Crippen molar-refractivity contribution >= 4 is 51.9 Å². The smallest absolute Gasteiger partial charge is 0.260 e. The topological polar surface area (TPSA) is 183 Å². The molecule has 0 spiro atoms. The first-order valence-electron chi connectivity index (χ1n) is 13.4. The van der Waals surface area contributed by atoms with E-state index in [2.05, 4.69) is 41.2 Å². The van der Waals surface area contributed by atoms with Gasteiger partial charge in [-0.1, -0.05) is 13.0 Å². The summed E-state index contributed by atoms with van der Waals surface area (Å²) >= 11 is 0. The molecular formula is C29H34N10O3. The molecule has 2 aromatic carbocycles. The van der Waals surface area contributed by atoms with Crippen LogP contribution in [-0.2, 0) is 11.3 Å². The zero-order chi connectivity index (χ0) is 30.1. The van der Waals surface area contributed by atoms with Crippen LogP contribution in [0, 0.1) is 0 Å². The SMILES string of the molecule is CCCNc1nc(Nc2ccc(C(N)=O)cc2)ncc1C(=O)Nc1ccc2nc(CNC(=O)/C=C/CN(C)C)[nH]c2c1. The molecule has 0 radical (unpaired) electrons. The van der Waals surface area contributed by atoms with Gasteiger partial charge in [-0.25, -0.2) is 9.97 Å². The zero-order valence-electron chi connectivity index (χ0n) is 23.7. The minimum absolute atomic E-state index is 0.206. The predicted molar refractivity (Wildman–Crippen MR) is 163 cm³/mol. The molecule has 2 aromatic heterocycles. The number of aromatic amines is 1. The van der Waals surface area contributed by atoms with Gasteiger partial charge < -0.3 is 36.9 Å². The second kappa shape index (κ2) is 13.9. The predicted octanol–water partition coefficient (Wildman–Crippen LogP) is 3.00. The van der Waals surface area contributed by atoms with Crippen LogP contribution in [0.3, 0.4) is 0 Å². The fraction of sp³-hybridized carbons (Fsp3) is 0.241. The number of aromatic nitrogens is 4. The van der Waals surface area contributed by atoms with Crippen molar-refractivity contribution in [2.75, 3.05) is 43.1 Å². The first kappa shape index (κ1) is 29.7. The van der Waals surface area contributed by atoms with E-state index >= 15 is 0 Å². The number of imidazole rings is 1. The number of hydrogen-bond acceptors (Lipinski definition) is 9. The van der Waals surface area contributed by atoms with Gasteiger partial charge in [0.2, 0.25) is 17.8 Å². The molecule has 0 unspecified atom stereocenters. The van der Waals surface area contributed by atoms with E-state index in [1.165, 1.54) is 12.3 Å². The number of nitrogens with one attached hydrogen (secondary N) is 5. The van der Waals surface area contributed by atoms with Gasteiger partial charge in [-0.3, -0.25) is 14.4 Å². The number of likely N-dealkylation sites (N-methyl/N-ethyl adjacent to an activating group) is 1. The summed E-state index contributed by atoms with van der Waals surface area (Å²) in [5, 5.41) is 11.9. The number of benzene rings is 2. The third kappa shape index (κ3) is 8.11. The molecule has 0 atom stereocenters. The van der Waals surface area contributed by atoms with E-state index in [0.29, 0.717) is 52.7 Å². The Morgan fingerprint density at radius 2 is 1.81 bits per heavy atom. The number of anilines is 4. The highest BCUT2D eigenvalue weighted by atomic mass is 16.2. The lowest BCUT2D eigenvalue weighted by atomic mass is 10.2. The summed E-state index contributed by atoms with van der Waals surface area (Å²) in [6, 6.07) is 11.9. The number of primary amides is 1. The summed E-state index contributed by atoms with van der Waals surface area (Å²) in [6.45, 7) is 3.52. The molecule has 2 heterocycles. The maximum atomic E-state index is 13.2. The van der Waals surface area contributed by atoms with E-state index in [-0.39, 0.29) is 29.9 Å². The lowest BCUT2D eigenvalue weighted by molar-refractivity contribution is -0.116. The highest BCUT2D eigenvalue weighted by molar-refractivity contribution is 6.08. The third-order valence-corrected chi connectivity index (χ3v) is 5.96. The first-order chi connectivity index (χ1) is 20.2. The molecule has 4 aromatic rings. The second-order valence-corrected chi connectivity index (χ2v) is 9.70. The van der Waals surface area contributed by atoms with Gasteiger partial charge in [-0.15, -0.1) is 0 Å². The van der Waals surface area contributed by atoms with E-state index in [0.717, 1.165) is 6.42 Å². The van der Waals surface area contributed by atoms with Crippen molar-refractivity contribution < 1.29 is 14.4 Å². The van der Waals surface area contributed by atoms with E-state index in [4.69, 9.17) is 5.73 Å². The molecule has 0 bridgehead atoms. The highest BCUT2D eigenvalue weighted by Crippen LogP contribution is 2.22. The minimum atomic E-state index is -0.515. The van der Waals surface area contributed by atoms with Crippen molar-refractivity contribution in [1.82, 2.24) is 30.2 Å². The Kier molecular flexibility index (Phi) is 9.79. The molecule has 218 valence electrons. The Bertz CT molecular complexity index is 1600. The fourth-order valence-corrected chi connectivity index (χ4v) is 3.86. The maximum absolute atomic E-state index is 13.2. The molecule has 0 fully saturated rings. The van der Waals surface area contributed by atoms with Crippen LogP contribution in [0.1, 0.15) is 39.9 Å². The molecule has 0 aliphatic heterocycles. The molecule has 0 saturated heterocycles. The van der Waals surface area contributed by atoms with Crippen molar-refractivity contribution in [3.8, 4) is 0 Å². The molecule has 13 nitrogen and oxygen atoms in total. The third-order valence-electron chi connectivity index (χ3n) is 5.96. The van der Waals surface area contributed by atoms with Crippen molar-refractivity contribution in [3.05, 3.63) is 77.8 Å². The molecular weight excluding hydrogens is 536 g/mol. The number of hydrogen-bond donors (Lipinski definition) is 6. The van der Waals surface area contributed by atoms with E-state index in [1.54, 1.807) is 48.5 Å². The summed E-state index contributed by atoms with van der Waals surface area (Å²) in [5.74, 6) is 0.141. The van der Waals surface area contributed by atoms with Gasteiger partial charge in [0.05, 0.1) is 17.6 Å². The number of rotatable bonds is 13. The van der Waals surface area contributed by atoms with Gasteiger partial charge >= 0.3 is 0 Å². The van der Waals surface area contributed by atoms with Crippen LogP contribution >= 0.6 is 0 Å². The molecule has 42 heavy (non-hydrogen) atoms. The molecule has 4 rings (SSSR count). The van der Waals surface area contributed by atoms with Gasteiger partial charge in [0.1, 0.15) is 17.2 Å². The van der Waals surface area contributed by atoms with Gasteiger partial charge in [0.25, 0.3) is 5.91 Å². The molecule has 13 heteroatoms. The second-order valence-electron chi connectivity index (χ2n) is 9.70. The minimum Gasteiger partial charge on any atom is -0.369 e. The number of carbonyl (C=O) groups excluding carboxylic acids is 3. The Balaban J connectivity index is 1.44. The number of H-pyrrole nitrogens is 1. The van der Waals surface area contributed by atoms with Crippen LogP contribution in [0.4, 0.5) is 23.1 Å². The molecule has 0 aliphatic carbocycles.